The van der Waals surface area contributed by atoms with Crippen LogP contribution in [0.3, 0.4) is 0 Å². The Morgan fingerprint density at radius 3 is 2.75 bits per heavy atom. The molecule has 1 unspecified atom stereocenters. The average Bonchev–Trinajstić information content (AvgIpc) is 3.02. The molecule has 1 aromatic carbocycles. The van der Waals surface area contributed by atoms with Crippen molar-refractivity contribution in [3.05, 3.63) is 35.6 Å². The van der Waals surface area contributed by atoms with Crippen LogP contribution in [0.4, 0.5) is 0 Å². The van der Waals surface area contributed by atoms with Gasteiger partial charge in [0.25, 0.3) is 0 Å². The fourth-order valence-electron chi connectivity index (χ4n) is 2.35. The molecule has 1 aliphatic heterocycles. The van der Waals surface area contributed by atoms with Gasteiger partial charge in [-0.25, -0.2) is 0 Å². The van der Waals surface area contributed by atoms with E-state index in [1.54, 1.807) is 14.2 Å². The van der Waals surface area contributed by atoms with Crippen LogP contribution in [0.15, 0.2) is 30.0 Å². The molecule has 1 N–H and O–H groups in total. The Labute approximate surface area is 120 Å². The minimum atomic E-state index is 0.0401. The second-order valence-electron chi connectivity index (χ2n) is 4.74. The van der Waals surface area contributed by atoms with Crippen molar-refractivity contribution >= 4 is 0 Å². The van der Waals surface area contributed by atoms with E-state index in [1.807, 2.05) is 18.2 Å². The summed E-state index contributed by atoms with van der Waals surface area (Å²) < 4.78 is 16.5. The Balaban J connectivity index is 2.31. The SMILES string of the molecule is CCCNC(C1=CCCO1)c1ccc(OC)cc1OC. The van der Waals surface area contributed by atoms with Crippen LogP contribution >= 0.6 is 0 Å². The molecule has 0 saturated heterocycles. The standard InChI is InChI=1S/C16H23NO3/c1-4-9-17-16(14-6-5-10-20-14)13-8-7-12(18-2)11-15(13)19-3/h6-8,11,16-17H,4-5,9-10H2,1-3H3. The van der Waals surface area contributed by atoms with Crippen LogP contribution < -0.4 is 14.8 Å². The quantitative estimate of drug-likeness (QED) is 0.831. The molecule has 0 bridgehead atoms. The van der Waals surface area contributed by atoms with Crippen LogP contribution in [0.25, 0.3) is 0 Å². The lowest BCUT2D eigenvalue weighted by Gasteiger charge is -2.22. The highest BCUT2D eigenvalue weighted by atomic mass is 16.5. The largest absolute Gasteiger partial charge is 0.497 e. The van der Waals surface area contributed by atoms with Gasteiger partial charge in [0.1, 0.15) is 17.3 Å². The third-order valence-corrected chi connectivity index (χ3v) is 3.37. The number of rotatable bonds is 7. The zero-order valence-corrected chi connectivity index (χ0v) is 12.4. The Morgan fingerprint density at radius 2 is 2.15 bits per heavy atom. The lowest BCUT2D eigenvalue weighted by molar-refractivity contribution is 0.214. The van der Waals surface area contributed by atoms with Crippen molar-refractivity contribution < 1.29 is 14.2 Å². The second-order valence-corrected chi connectivity index (χ2v) is 4.74. The van der Waals surface area contributed by atoms with Gasteiger partial charge in [0.15, 0.2) is 0 Å². The van der Waals surface area contributed by atoms with E-state index in [1.165, 1.54) is 0 Å². The van der Waals surface area contributed by atoms with Crippen molar-refractivity contribution in [2.24, 2.45) is 0 Å². The first-order valence-corrected chi connectivity index (χ1v) is 7.08. The minimum absolute atomic E-state index is 0.0401. The molecule has 0 saturated carbocycles. The van der Waals surface area contributed by atoms with Gasteiger partial charge < -0.3 is 19.5 Å². The summed E-state index contributed by atoms with van der Waals surface area (Å²) in [4.78, 5) is 0. The van der Waals surface area contributed by atoms with E-state index in [0.29, 0.717) is 0 Å². The van der Waals surface area contributed by atoms with Crippen molar-refractivity contribution in [1.82, 2.24) is 5.32 Å². The number of hydrogen-bond donors (Lipinski definition) is 1. The maximum Gasteiger partial charge on any atom is 0.127 e. The molecule has 1 aliphatic rings. The van der Waals surface area contributed by atoms with Crippen molar-refractivity contribution in [2.75, 3.05) is 27.4 Å². The van der Waals surface area contributed by atoms with Crippen LogP contribution in [0.2, 0.25) is 0 Å². The van der Waals surface area contributed by atoms with Crippen LogP contribution in [-0.2, 0) is 4.74 Å². The number of ether oxygens (including phenoxy) is 3. The summed E-state index contributed by atoms with van der Waals surface area (Å²) in [5.41, 5.74) is 1.08. The van der Waals surface area contributed by atoms with Gasteiger partial charge in [-0.3, -0.25) is 0 Å². The third kappa shape index (κ3) is 3.25. The Morgan fingerprint density at radius 1 is 1.30 bits per heavy atom. The smallest absolute Gasteiger partial charge is 0.127 e. The van der Waals surface area contributed by atoms with Gasteiger partial charge in [-0.05, 0) is 31.2 Å². The van der Waals surface area contributed by atoms with Gasteiger partial charge in [0.2, 0.25) is 0 Å². The summed E-state index contributed by atoms with van der Waals surface area (Å²) >= 11 is 0. The highest BCUT2D eigenvalue weighted by Gasteiger charge is 2.23. The third-order valence-electron chi connectivity index (χ3n) is 3.37. The van der Waals surface area contributed by atoms with Gasteiger partial charge >= 0.3 is 0 Å². The molecular formula is C16H23NO3. The molecule has 0 amide bonds. The highest BCUT2D eigenvalue weighted by Crippen LogP contribution is 2.34. The monoisotopic (exact) mass is 277 g/mol. The zero-order chi connectivity index (χ0) is 14.4. The zero-order valence-electron chi connectivity index (χ0n) is 12.4. The lowest BCUT2D eigenvalue weighted by atomic mass is 10.0. The molecule has 2 rings (SSSR count). The fraction of sp³-hybridized carbons (Fsp3) is 0.500. The summed E-state index contributed by atoms with van der Waals surface area (Å²) in [6.07, 6.45) is 4.19. The maximum absolute atomic E-state index is 5.73. The average molecular weight is 277 g/mol. The molecule has 4 heteroatoms. The topological polar surface area (TPSA) is 39.7 Å². The molecule has 0 radical (unpaired) electrons. The lowest BCUT2D eigenvalue weighted by Crippen LogP contribution is -2.24. The molecule has 20 heavy (non-hydrogen) atoms. The molecule has 1 aromatic rings. The molecule has 0 aliphatic carbocycles. The Kier molecular flexibility index (Phi) is 5.30. The van der Waals surface area contributed by atoms with Crippen LogP contribution in [0, 0.1) is 0 Å². The van der Waals surface area contributed by atoms with Gasteiger partial charge in [0, 0.05) is 18.1 Å². The van der Waals surface area contributed by atoms with E-state index >= 15 is 0 Å². The number of benzene rings is 1. The highest BCUT2D eigenvalue weighted by molar-refractivity contribution is 5.44. The first-order valence-electron chi connectivity index (χ1n) is 7.08. The first-order chi connectivity index (χ1) is 9.80. The normalized spacial score (nSPS) is 15.4. The van der Waals surface area contributed by atoms with E-state index in [0.717, 1.165) is 48.8 Å². The summed E-state index contributed by atoms with van der Waals surface area (Å²) in [6.45, 7) is 3.85. The summed E-state index contributed by atoms with van der Waals surface area (Å²) in [6, 6.07) is 5.94. The minimum Gasteiger partial charge on any atom is -0.497 e. The molecule has 0 aromatic heterocycles. The number of hydrogen-bond acceptors (Lipinski definition) is 4. The molecule has 1 atom stereocenters. The molecule has 4 nitrogen and oxygen atoms in total. The summed E-state index contributed by atoms with van der Waals surface area (Å²) in [7, 11) is 3.34. The summed E-state index contributed by atoms with van der Waals surface area (Å²) in [5, 5.41) is 3.53. The molecular weight excluding hydrogens is 254 g/mol. The Hall–Kier alpha value is -1.68. The molecule has 0 spiro atoms. The van der Waals surface area contributed by atoms with Crippen LogP contribution in [0.1, 0.15) is 31.4 Å². The predicted octanol–water partition coefficient (Wildman–Crippen LogP) is 3.05. The number of methoxy groups -OCH3 is 2. The van der Waals surface area contributed by atoms with Crippen molar-refractivity contribution in [3.63, 3.8) is 0 Å². The van der Waals surface area contributed by atoms with Crippen LogP contribution in [-0.4, -0.2) is 27.4 Å². The van der Waals surface area contributed by atoms with E-state index in [-0.39, 0.29) is 6.04 Å². The van der Waals surface area contributed by atoms with E-state index in [4.69, 9.17) is 14.2 Å². The molecule has 110 valence electrons. The van der Waals surface area contributed by atoms with Gasteiger partial charge in [-0.15, -0.1) is 0 Å². The molecule has 0 fully saturated rings. The fourth-order valence-corrected chi connectivity index (χ4v) is 2.35. The summed E-state index contributed by atoms with van der Waals surface area (Å²) in [5.74, 6) is 2.59. The van der Waals surface area contributed by atoms with Crippen LogP contribution in [0.5, 0.6) is 11.5 Å². The van der Waals surface area contributed by atoms with Crippen molar-refractivity contribution in [1.29, 1.82) is 0 Å². The van der Waals surface area contributed by atoms with Crippen molar-refractivity contribution in [2.45, 2.75) is 25.8 Å². The second kappa shape index (κ2) is 7.20. The van der Waals surface area contributed by atoms with E-state index in [9.17, 15) is 0 Å². The van der Waals surface area contributed by atoms with Crippen molar-refractivity contribution in [3.8, 4) is 11.5 Å². The van der Waals surface area contributed by atoms with Gasteiger partial charge in [-0.1, -0.05) is 6.92 Å². The van der Waals surface area contributed by atoms with E-state index in [2.05, 4.69) is 18.3 Å². The number of nitrogens with one attached hydrogen (secondary N) is 1. The van der Waals surface area contributed by atoms with Gasteiger partial charge in [-0.2, -0.15) is 0 Å². The van der Waals surface area contributed by atoms with Gasteiger partial charge in [0.05, 0.1) is 26.9 Å². The maximum atomic E-state index is 5.73. The Bertz CT molecular complexity index is 471. The van der Waals surface area contributed by atoms with E-state index < -0.39 is 0 Å². The predicted molar refractivity (Wildman–Crippen MR) is 79.2 cm³/mol. The first kappa shape index (κ1) is 14.7. The molecule has 1 heterocycles.